The van der Waals surface area contributed by atoms with E-state index in [1.54, 1.807) is 25.1 Å². The highest BCUT2D eigenvalue weighted by molar-refractivity contribution is 5.33. The number of halogens is 3. The number of hydrogen-bond donors (Lipinski definition) is 0. The van der Waals surface area contributed by atoms with Crippen molar-refractivity contribution in [1.82, 2.24) is 0 Å². The maximum Gasteiger partial charge on any atom is 0.200 e. The second-order valence-corrected chi connectivity index (χ2v) is 9.16. The molecule has 0 atom stereocenters. The van der Waals surface area contributed by atoms with E-state index in [-0.39, 0.29) is 18.3 Å². The third-order valence-electron chi connectivity index (χ3n) is 7.39. The minimum Gasteiger partial charge on any atom is -0.491 e. The minimum absolute atomic E-state index is 0.0163. The van der Waals surface area contributed by atoms with Gasteiger partial charge in [-0.05, 0) is 93.6 Å². The summed E-state index contributed by atoms with van der Waals surface area (Å²) in [5.41, 5.74) is 0.528. The van der Waals surface area contributed by atoms with Crippen LogP contribution >= 0.6 is 0 Å². The standard InChI is InChI=1S/C26H37F3O/c1-2-30-24-17-16-23(25(28)26(24)29)22-14-12-21(13-15-22)20-10-8-19(9-11-20)7-5-3-4-6-18-27/h4,6,16-17,19-22H,2-3,5,7-15,18H2,1H3/b6-4+. The van der Waals surface area contributed by atoms with Crippen LogP contribution in [0.25, 0.3) is 0 Å². The van der Waals surface area contributed by atoms with Crippen molar-refractivity contribution in [3.05, 3.63) is 41.5 Å². The van der Waals surface area contributed by atoms with Crippen LogP contribution in [0.15, 0.2) is 24.3 Å². The third-order valence-corrected chi connectivity index (χ3v) is 7.39. The van der Waals surface area contributed by atoms with Gasteiger partial charge in [-0.15, -0.1) is 0 Å². The van der Waals surface area contributed by atoms with Crippen molar-refractivity contribution in [2.75, 3.05) is 13.3 Å². The first-order chi connectivity index (χ1) is 14.6. The zero-order valence-electron chi connectivity index (χ0n) is 18.4. The van der Waals surface area contributed by atoms with Crippen LogP contribution in [0, 0.1) is 29.4 Å². The lowest BCUT2D eigenvalue weighted by Crippen LogP contribution is -2.25. The Kier molecular flexibility index (Phi) is 9.14. The molecule has 0 aromatic heterocycles. The lowest BCUT2D eigenvalue weighted by Gasteiger charge is -2.38. The maximum absolute atomic E-state index is 14.6. The summed E-state index contributed by atoms with van der Waals surface area (Å²) < 4.78 is 46.0. The Balaban J connectivity index is 1.43. The van der Waals surface area contributed by atoms with Crippen molar-refractivity contribution in [3.8, 4) is 5.75 Å². The second-order valence-electron chi connectivity index (χ2n) is 9.16. The monoisotopic (exact) mass is 422 g/mol. The van der Waals surface area contributed by atoms with E-state index in [0.29, 0.717) is 12.2 Å². The van der Waals surface area contributed by atoms with Gasteiger partial charge in [-0.25, -0.2) is 8.78 Å². The molecule has 1 aromatic carbocycles. The normalized spacial score (nSPS) is 27.5. The molecule has 0 amide bonds. The van der Waals surface area contributed by atoms with Crippen LogP contribution in [0.4, 0.5) is 13.2 Å². The summed E-state index contributed by atoms with van der Waals surface area (Å²) in [4.78, 5) is 0. The summed E-state index contributed by atoms with van der Waals surface area (Å²) in [7, 11) is 0. The Morgan fingerprint density at radius 2 is 1.57 bits per heavy atom. The van der Waals surface area contributed by atoms with Crippen LogP contribution in [0.3, 0.4) is 0 Å². The number of rotatable bonds is 9. The van der Waals surface area contributed by atoms with E-state index in [4.69, 9.17) is 4.74 Å². The molecule has 0 bridgehead atoms. The van der Waals surface area contributed by atoms with Gasteiger partial charge in [-0.3, -0.25) is 0 Å². The zero-order chi connectivity index (χ0) is 21.3. The zero-order valence-corrected chi connectivity index (χ0v) is 18.4. The highest BCUT2D eigenvalue weighted by atomic mass is 19.2. The first-order valence-corrected chi connectivity index (χ1v) is 12.0. The van der Waals surface area contributed by atoms with E-state index in [1.165, 1.54) is 38.5 Å². The lowest BCUT2D eigenvalue weighted by molar-refractivity contribution is 0.155. The Hall–Kier alpha value is -1.45. The molecular formula is C26H37F3O. The molecule has 0 heterocycles. The van der Waals surface area contributed by atoms with E-state index in [9.17, 15) is 13.2 Å². The fourth-order valence-electron chi connectivity index (χ4n) is 5.68. The van der Waals surface area contributed by atoms with Crippen molar-refractivity contribution >= 4 is 0 Å². The molecule has 1 aromatic rings. The van der Waals surface area contributed by atoms with Gasteiger partial charge in [0.1, 0.15) is 6.67 Å². The van der Waals surface area contributed by atoms with Crippen LogP contribution in [-0.2, 0) is 0 Å². The van der Waals surface area contributed by atoms with Gasteiger partial charge in [0.05, 0.1) is 6.61 Å². The highest BCUT2D eigenvalue weighted by Gasteiger charge is 2.32. The lowest BCUT2D eigenvalue weighted by atomic mass is 9.68. The minimum atomic E-state index is -0.838. The number of unbranched alkanes of at least 4 members (excludes halogenated alkanes) is 1. The summed E-state index contributed by atoms with van der Waals surface area (Å²) in [6.45, 7) is 1.75. The molecule has 4 heteroatoms. The molecule has 0 saturated heterocycles. The van der Waals surface area contributed by atoms with Crippen LogP contribution in [-0.4, -0.2) is 13.3 Å². The van der Waals surface area contributed by atoms with Crippen molar-refractivity contribution in [2.24, 2.45) is 17.8 Å². The first-order valence-electron chi connectivity index (χ1n) is 12.0. The number of allylic oxidation sites excluding steroid dienone is 2. The maximum atomic E-state index is 14.6. The molecule has 0 N–H and O–H groups in total. The Bertz CT molecular complexity index is 671. The molecule has 30 heavy (non-hydrogen) atoms. The highest BCUT2D eigenvalue weighted by Crippen LogP contribution is 2.45. The number of alkyl halides is 1. The fraction of sp³-hybridized carbons (Fsp3) is 0.692. The van der Waals surface area contributed by atoms with Gasteiger partial charge in [0, 0.05) is 0 Å². The summed E-state index contributed by atoms with van der Waals surface area (Å²) in [6.07, 6.45) is 16.4. The van der Waals surface area contributed by atoms with Gasteiger partial charge < -0.3 is 4.74 Å². The van der Waals surface area contributed by atoms with Gasteiger partial charge in [0.25, 0.3) is 0 Å². The van der Waals surface area contributed by atoms with Crippen molar-refractivity contribution < 1.29 is 17.9 Å². The predicted octanol–water partition coefficient (Wildman–Crippen LogP) is 8.14. The van der Waals surface area contributed by atoms with Gasteiger partial charge in [-0.1, -0.05) is 37.5 Å². The van der Waals surface area contributed by atoms with E-state index in [2.05, 4.69) is 0 Å². The van der Waals surface area contributed by atoms with E-state index >= 15 is 0 Å². The predicted molar refractivity (Wildman–Crippen MR) is 117 cm³/mol. The largest absolute Gasteiger partial charge is 0.491 e. The van der Waals surface area contributed by atoms with E-state index < -0.39 is 11.6 Å². The van der Waals surface area contributed by atoms with Crippen molar-refractivity contribution in [3.63, 3.8) is 0 Å². The van der Waals surface area contributed by atoms with E-state index in [1.807, 2.05) is 6.08 Å². The van der Waals surface area contributed by atoms with Gasteiger partial charge >= 0.3 is 0 Å². The van der Waals surface area contributed by atoms with Crippen LogP contribution in [0.5, 0.6) is 5.75 Å². The average Bonchev–Trinajstić information content (AvgIpc) is 2.78. The molecule has 0 unspecified atom stereocenters. The molecule has 2 fully saturated rings. The molecule has 2 aliphatic carbocycles. The van der Waals surface area contributed by atoms with Crippen molar-refractivity contribution in [1.29, 1.82) is 0 Å². The molecule has 0 spiro atoms. The Labute approximate surface area is 180 Å². The van der Waals surface area contributed by atoms with Crippen LogP contribution < -0.4 is 4.74 Å². The summed E-state index contributed by atoms with van der Waals surface area (Å²) in [6, 6.07) is 3.31. The van der Waals surface area contributed by atoms with Gasteiger partial charge in [0.15, 0.2) is 11.6 Å². The number of ether oxygens (including phenoxy) is 1. The quantitative estimate of drug-likeness (QED) is 0.288. The molecule has 0 aliphatic heterocycles. The molecule has 2 saturated carbocycles. The Morgan fingerprint density at radius 1 is 0.900 bits per heavy atom. The molecule has 2 aliphatic rings. The van der Waals surface area contributed by atoms with Gasteiger partial charge in [-0.2, -0.15) is 4.39 Å². The Morgan fingerprint density at radius 3 is 2.20 bits per heavy atom. The van der Waals surface area contributed by atoms with Crippen molar-refractivity contribution in [2.45, 2.75) is 83.5 Å². The number of hydrogen-bond acceptors (Lipinski definition) is 1. The molecule has 3 rings (SSSR count). The summed E-state index contributed by atoms with van der Waals surface area (Å²) in [5.74, 6) is 0.960. The summed E-state index contributed by atoms with van der Waals surface area (Å²) in [5, 5.41) is 0. The molecule has 1 nitrogen and oxygen atoms in total. The fourth-order valence-corrected chi connectivity index (χ4v) is 5.68. The van der Waals surface area contributed by atoms with Crippen LogP contribution in [0.2, 0.25) is 0 Å². The molecule has 168 valence electrons. The second kappa shape index (κ2) is 11.8. The van der Waals surface area contributed by atoms with Crippen LogP contribution in [0.1, 0.15) is 89.0 Å². The SMILES string of the molecule is CCOc1ccc(C2CCC(C3CCC(CCC/C=C/CF)CC3)CC2)c(F)c1F. The van der Waals surface area contributed by atoms with E-state index in [0.717, 1.165) is 49.9 Å². The van der Waals surface area contributed by atoms with Gasteiger partial charge in [0.2, 0.25) is 5.82 Å². The average molecular weight is 423 g/mol. The summed E-state index contributed by atoms with van der Waals surface area (Å²) >= 11 is 0. The molecular weight excluding hydrogens is 385 g/mol. The molecule has 0 radical (unpaired) electrons. The smallest absolute Gasteiger partial charge is 0.200 e. The first kappa shape index (κ1) is 23.2. The number of benzene rings is 1. The third kappa shape index (κ3) is 6.04. The topological polar surface area (TPSA) is 9.23 Å².